The molecule has 6 nitrogen and oxygen atoms in total. The summed E-state index contributed by atoms with van der Waals surface area (Å²) in [6, 6.07) is 22.5. The minimum atomic E-state index is -0.407. The molecule has 0 saturated carbocycles. The van der Waals surface area contributed by atoms with Gasteiger partial charge in [-0.3, -0.25) is 9.59 Å². The number of carbonyl (C=O) groups is 3. The van der Waals surface area contributed by atoms with Crippen molar-refractivity contribution in [1.29, 1.82) is 0 Å². The first-order chi connectivity index (χ1) is 14.6. The Balaban J connectivity index is 1.46. The summed E-state index contributed by atoms with van der Waals surface area (Å²) < 4.78 is 10.1. The van der Waals surface area contributed by atoms with E-state index in [-0.39, 0.29) is 18.3 Å². The summed E-state index contributed by atoms with van der Waals surface area (Å²) >= 11 is 0. The van der Waals surface area contributed by atoms with Gasteiger partial charge in [0.25, 0.3) is 5.91 Å². The fraction of sp³-hybridized carbons (Fsp3) is 0.125. The van der Waals surface area contributed by atoms with E-state index in [2.05, 4.69) is 10.1 Å². The van der Waals surface area contributed by atoms with Crippen LogP contribution >= 0.6 is 0 Å². The zero-order chi connectivity index (χ0) is 21.3. The first-order valence-electron chi connectivity index (χ1n) is 9.33. The molecule has 0 fully saturated rings. The van der Waals surface area contributed by atoms with Gasteiger partial charge in [0.15, 0.2) is 12.4 Å². The van der Waals surface area contributed by atoms with Crippen LogP contribution in [-0.2, 0) is 16.1 Å². The molecule has 0 aliphatic carbocycles. The van der Waals surface area contributed by atoms with Gasteiger partial charge in [0.05, 0.1) is 12.7 Å². The van der Waals surface area contributed by atoms with Crippen molar-refractivity contribution in [1.82, 2.24) is 5.32 Å². The van der Waals surface area contributed by atoms with E-state index in [1.54, 1.807) is 60.7 Å². The number of methoxy groups -OCH3 is 1. The number of ketones is 1. The Morgan fingerprint density at radius 3 is 2.00 bits per heavy atom. The van der Waals surface area contributed by atoms with Gasteiger partial charge in [-0.1, -0.05) is 42.5 Å². The minimum Gasteiger partial charge on any atom is -0.484 e. The lowest BCUT2D eigenvalue weighted by Gasteiger charge is -2.09. The van der Waals surface area contributed by atoms with Crippen LogP contribution in [0.1, 0.15) is 31.8 Å². The predicted molar refractivity (Wildman–Crippen MR) is 111 cm³/mol. The molecule has 0 spiro atoms. The Bertz CT molecular complexity index is 1010. The predicted octanol–water partition coefficient (Wildman–Crippen LogP) is 3.40. The molecule has 3 aromatic rings. The SMILES string of the molecule is COC(=O)c1ccc(CNC(=O)COc2ccc(C(=O)c3ccccc3)cc2)cc1. The van der Waals surface area contributed by atoms with Gasteiger partial charge < -0.3 is 14.8 Å². The molecule has 3 aromatic carbocycles. The van der Waals surface area contributed by atoms with Gasteiger partial charge in [-0.15, -0.1) is 0 Å². The highest BCUT2D eigenvalue weighted by molar-refractivity contribution is 6.09. The molecular formula is C24H21NO5. The molecule has 0 unspecified atom stereocenters. The van der Waals surface area contributed by atoms with Crippen molar-refractivity contribution >= 4 is 17.7 Å². The first kappa shape index (κ1) is 20.8. The summed E-state index contributed by atoms with van der Waals surface area (Å²) in [6.07, 6.45) is 0. The van der Waals surface area contributed by atoms with Crippen LogP contribution in [0.2, 0.25) is 0 Å². The number of amides is 1. The lowest BCUT2D eigenvalue weighted by Crippen LogP contribution is -2.28. The third kappa shape index (κ3) is 5.54. The Morgan fingerprint density at radius 2 is 1.37 bits per heavy atom. The monoisotopic (exact) mass is 403 g/mol. The number of rotatable bonds is 8. The van der Waals surface area contributed by atoms with E-state index in [0.717, 1.165) is 5.56 Å². The number of carbonyl (C=O) groups excluding carboxylic acids is 3. The van der Waals surface area contributed by atoms with Crippen molar-refractivity contribution < 1.29 is 23.9 Å². The number of benzene rings is 3. The van der Waals surface area contributed by atoms with Crippen molar-refractivity contribution in [2.75, 3.05) is 13.7 Å². The molecule has 6 heteroatoms. The Kier molecular flexibility index (Phi) is 6.95. The molecule has 1 N–H and O–H groups in total. The molecule has 0 atom stereocenters. The molecule has 0 heterocycles. The van der Waals surface area contributed by atoms with Gasteiger partial charge in [0, 0.05) is 17.7 Å². The van der Waals surface area contributed by atoms with Crippen molar-refractivity contribution in [3.8, 4) is 5.75 Å². The highest BCUT2D eigenvalue weighted by atomic mass is 16.5. The zero-order valence-corrected chi connectivity index (χ0v) is 16.5. The highest BCUT2D eigenvalue weighted by Crippen LogP contribution is 2.15. The van der Waals surface area contributed by atoms with Crippen LogP contribution in [0.15, 0.2) is 78.9 Å². The molecule has 0 aliphatic heterocycles. The first-order valence-corrected chi connectivity index (χ1v) is 9.33. The largest absolute Gasteiger partial charge is 0.484 e. The maximum absolute atomic E-state index is 12.4. The second-order valence-electron chi connectivity index (χ2n) is 6.47. The average Bonchev–Trinajstić information content (AvgIpc) is 2.81. The van der Waals surface area contributed by atoms with E-state index < -0.39 is 5.97 Å². The van der Waals surface area contributed by atoms with E-state index >= 15 is 0 Å². The number of hydrogen-bond donors (Lipinski definition) is 1. The molecular weight excluding hydrogens is 382 g/mol. The molecule has 3 rings (SSSR count). The van der Waals surface area contributed by atoms with Crippen LogP contribution in [0, 0.1) is 0 Å². The second-order valence-corrected chi connectivity index (χ2v) is 6.47. The fourth-order valence-corrected chi connectivity index (χ4v) is 2.74. The van der Waals surface area contributed by atoms with Crippen LogP contribution in [0.3, 0.4) is 0 Å². The third-order valence-electron chi connectivity index (χ3n) is 4.39. The number of nitrogens with one attached hydrogen (secondary N) is 1. The van der Waals surface area contributed by atoms with Crippen molar-refractivity contribution in [3.05, 3.63) is 101 Å². The number of ether oxygens (including phenoxy) is 2. The summed E-state index contributed by atoms with van der Waals surface area (Å²) in [6.45, 7) is 0.167. The van der Waals surface area contributed by atoms with Gasteiger partial charge >= 0.3 is 5.97 Å². The topological polar surface area (TPSA) is 81.7 Å². The van der Waals surface area contributed by atoms with Crippen molar-refractivity contribution in [2.45, 2.75) is 6.54 Å². The summed E-state index contributed by atoms with van der Waals surface area (Å²) in [5, 5.41) is 2.75. The molecule has 152 valence electrons. The Labute approximate surface area is 174 Å². The van der Waals surface area contributed by atoms with Gasteiger partial charge in [0.1, 0.15) is 5.75 Å². The summed E-state index contributed by atoms with van der Waals surface area (Å²) in [5.41, 5.74) is 2.46. The normalized spacial score (nSPS) is 10.2. The van der Waals surface area contributed by atoms with Gasteiger partial charge in [-0.2, -0.15) is 0 Å². The van der Waals surface area contributed by atoms with Gasteiger partial charge in [-0.05, 0) is 42.0 Å². The second kappa shape index (κ2) is 10.0. The zero-order valence-electron chi connectivity index (χ0n) is 16.5. The van der Waals surface area contributed by atoms with E-state index in [1.807, 2.05) is 18.2 Å². The van der Waals surface area contributed by atoms with Crippen LogP contribution in [0.5, 0.6) is 5.75 Å². The lowest BCUT2D eigenvalue weighted by atomic mass is 10.0. The highest BCUT2D eigenvalue weighted by Gasteiger charge is 2.09. The average molecular weight is 403 g/mol. The number of esters is 1. The van der Waals surface area contributed by atoms with Crippen LogP contribution in [-0.4, -0.2) is 31.4 Å². The molecule has 30 heavy (non-hydrogen) atoms. The molecule has 0 aliphatic rings. The van der Waals surface area contributed by atoms with E-state index in [4.69, 9.17) is 4.74 Å². The van der Waals surface area contributed by atoms with E-state index in [1.165, 1.54) is 7.11 Å². The van der Waals surface area contributed by atoms with Crippen molar-refractivity contribution in [3.63, 3.8) is 0 Å². The summed E-state index contributed by atoms with van der Waals surface area (Å²) in [4.78, 5) is 35.8. The van der Waals surface area contributed by atoms with Gasteiger partial charge in [0.2, 0.25) is 0 Å². The summed E-state index contributed by atoms with van der Waals surface area (Å²) in [7, 11) is 1.32. The van der Waals surface area contributed by atoms with Crippen LogP contribution < -0.4 is 10.1 Å². The smallest absolute Gasteiger partial charge is 0.337 e. The molecule has 0 aromatic heterocycles. The molecule has 0 bridgehead atoms. The van der Waals surface area contributed by atoms with Crippen molar-refractivity contribution in [2.24, 2.45) is 0 Å². The molecule has 0 radical (unpaired) electrons. The number of hydrogen-bond acceptors (Lipinski definition) is 5. The Morgan fingerprint density at radius 1 is 0.767 bits per heavy atom. The Hall–Kier alpha value is -3.93. The van der Waals surface area contributed by atoms with Crippen LogP contribution in [0.4, 0.5) is 0 Å². The lowest BCUT2D eigenvalue weighted by molar-refractivity contribution is -0.123. The van der Waals surface area contributed by atoms with E-state index in [0.29, 0.717) is 29.0 Å². The molecule has 0 saturated heterocycles. The standard InChI is InChI=1S/C24H21NO5/c1-29-24(28)20-9-7-17(8-10-20)15-25-22(26)16-30-21-13-11-19(12-14-21)23(27)18-5-3-2-4-6-18/h2-14H,15-16H2,1H3,(H,25,26). The quantitative estimate of drug-likeness (QED) is 0.461. The van der Waals surface area contributed by atoms with E-state index in [9.17, 15) is 14.4 Å². The maximum atomic E-state index is 12.4. The maximum Gasteiger partial charge on any atom is 0.337 e. The summed E-state index contributed by atoms with van der Waals surface area (Å²) in [5.74, 6) is -0.262. The third-order valence-corrected chi connectivity index (χ3v) is 4.39. The fourth-order valence-electron chi connectivity index (χ4n) is 2.74. The molecule has 1 amide bonds. The minimum absolute atomic E-state index is 0.0712. The van der Waals surface area contributed by atoms with Crippen LogP contribution in [0.25, 0.3) is 0 Å². The van der Waals surface area contributed by atoms with Gasteiger partial charge in [-0.25, -0.2) is 4.79 Å².